The molecule has 3 fully saturated rings. The van der Waals surface area contributed by atoms with Gasteiger partial charge in [-0.3, -0.25) is 0 Å². The zero-order valence-electron chi connectivity index (χ0n) is 19.7. The molecule has 0 aromatic carbocycles. The largest absolute Gasteiger partial charge is 0.393 e. The Morgan fingerprint density at radius 3 is 2.48 bits per heavy atom. The number of hydrogen-bond acceptors (Lipinski definition) is 2. The molecule has 3 saturated carbocycles. The number of allylic oxidation sites excluding steroid dienone is 1. The normalized spacial score (nSPS) is 46.5. The molecule has 0 bridgehead atoms. The summed E-state index contributed by atoms with van der Waals surface area (Å²) in [5.41, 5.74) is 2.33. The summed E-state index contributed by atoms with van der Waals surface area (Å²) in [7, 11) is 0. The smallest absolute Gasteiger partial charge is 0.0577 e. The number of rotatable bonds is 5. The molecule has 0 radical (unpaired) electrons. The SMILES string of the molecule is CC(C)CC[C@@H](O)[C@@H](C)[C@H]1CC[C@H]2[C@@H]3CC=C4C[C@H](O)CC[C@]4(C)[C@H]3CC[C@]12C. The Balaban J connectivity index is 1.51. The van der Waals surface area contributed by atoms with E-state index in [9.17, 15) is 10.2 Å². The van der Waals surface area contributed by atoms with Crippen LogP contribution in [-0.4, -0.2) is 22.4 Å². The van der Waals surface area contributed by atoms with Gasteiger partial charge in [0.1, 0.15) is 0 Å². The Bertz CT molecular complexity index is 624. The van der Waals surface area contributed by atoms with Crippen molar-refractivity contribution in [3.05, 3.63) is 11.6 Å². The van der Waals surface area contributed by atoms with Crippen molar-refractivity contribution in [2.45, 2.75) is 111 Å². The van der Waals surface area contributed by atoms with Gasteiger partial charge >= 0.3 is 0 Å². The molecule has 0 aliphatic heterocycles. The first-order valence-electron chi connectivity index (χ1n) is 12.7. The van der Waals surface area contributed by atoms with E-state index < -0.39 is 0 Å². The van der Waals surface area contributed by atoms with E-state index in [1.165, 1.54) is 38.5 Å². The minimum absolute atomic E-state index is 0.108. The van der Waals surface area contributed by atoms with Gasteiger partial charge in [-0.05, 0) is 111 Å². The van der Waals surface area contributed by atoms with Gasteiger partial charge in [0, 0.05) is 0 Å². The highest BCUT2D eigenvalue weighted by atomic mass is 16.3. The Hall–Kier alpha value is -0.340. The van der Waals surface area contributed by atoms with Crippen molar-refractivity contribution in [1.29, 1.82) is 0 Å². The molecular formula is C27H46O2. The maximum Gasteiger partial charge on any atom is 0.0577 e. The molecule has 0 aromatic rings. The van der Waals surface area contributed by atoms with Gasteiger partial charge in [0.05, 0.1) is 12.2 Å². The van der Waals surface area contributed by atoms with Crippen LogP contribution in [0.2, 0.25) is 0 Å². The number of aliphatic hydroxyl groups is 2. The molecule has 0 heterocycles. The van der Waals surface area contributed by atoms with Crippen molar-refractivity contribution in [3.8, 4) is 0 Å². The van der Waals surface area contributed by atoms with Crippen LogP contribution in [0.3, 0.4) is 0 Å². The van der Waals surface area contributed by atoms with Crippen molar-refractivity contribution >= 4 is 0 Å². The second kappa shape index (κ2) is 7.97. The first-order chi connectivity index (χ1) is 13.7. The molecule has 2 nitrogen and oxygen atoms in total. The van der Waals surface area contributed by atoms with E-state index in [0.29, 0.717) is 28.6 Å². The van der Waals surface area contributed by atoms with E-state index in [1.54, 1.807) is 5.57 Å². The van der Waals surface area contributed by atoms with Crippen LogP contribution in [0.25, 0.3) is 0 Å². The molecule has 0 aromatic heterocycles. The van der Waals surface area contributed by atoms with Gasteiger partial charge < -0.3 is 10.2 Å². The summed E-state index contributed by atoms with van der Waals surface area (Å²) in [5.74, 6) is 4.25. The molecule has 2 N–H and O–H groups in total. The number of hydrogen-bond donors (Lipinski definition) is 2. The monoisotopic (exact) mass is 402 g/mol. The van der Waals surface area contributed by atoms with Gasteiger partial charge in [0.25, 0.3) is 0 Å². The first-order valence-corrected chi connectivity index (χ1v) is 12.7. The van der Waals surface area contributed by atoms with E-state index in [-0.39, 0.29) is 12.2 Å². The van der Waals surface area contributed by atoms with Gasteiger partial charge in [-0.1, -0.05) is 46.3 Å². The van der Waals surface area contributed by atoms with Crippen molar-refractivity contribution in [1.82, 2.24) is 0 Å². The predicted octanol–water partition coefficient (Wildman–Crippen LogP) is 6.36. The molecule has 0 amide bonds. The number of aliphatic hydroxyl groups excluding tert-OH is 2. The molecule has 9 atom stereocenters. The van der Waals surface area contributed by atoms with E-state index >= 15 is 0 Å². The van der Waals surface area contributed by atoms with Gasteiger partial charge in [0.15, 0.2) is 0 Å². The highest BCUT2D eigenvalue weighted by molar-refractivity contribution is 5.25. The molecule has 2 heteroatoms. The average molecular weight is 403 g/mol. The standard InChI is InChI=1S/C27H46O2/c1-17(2)6-11-25(29)18(3)22-9-10-23-21-8-7-19-16-20(28)12-14-26(19,4)24(21)13-15-27(22,23)5/h7,17-18,20-25,28-29H,6,8-16H2,1-5H3/t18-,20+,21-,22+,23-,24-,25+,26-,27+/m0/s1. The topological polar surface area (TPSA) is 40.5 Å². The maximum absolute atomic E-state index is 11.0. The lowest BCUT2D eigenvalue weighted by atomic mass is 9.47. The molecule has 4 aliphatic carbocycles. The fourth-order valence-corrected chi connectivity index (χ4v) is 8.58. The Labute approximate surface area is 179 Å². The summed E-state index contributed by atoms with van der Waals surface area (Å²) in [6, 6.07) is 0. The van der Waals surface area contributed by atoms with Gasteiger partial charge in [-0.25, -0.2) is 0 Å². The fraction of sp³-hybridized carbons (Fsp3) is 0.926. The lowest BCUT2D eigenvalue weighted by Crippen LogP contribution is -2.51. The average Bonchev–Trinajstić information content (AvgIpc) is 3.03. The third-order valence-corrected chi connectivity index (χ3v) is 10.4. The van der Waals surface area contributed by atoms with Crippen molar-refractivity contribution in [2.75, 3.05) is 0 Å². The van der Waals surface area contributed by atoms with Gasteiger partial charge in [-0.15, -0.1) is 0 Å². The molecule has 4 rings (SSSR count). The van der Waals surface area contributed by atoms with Crippen LogP contribution in [0.1, 0.15) is 98.8 Å². The molecule has 29 heavy (non-hydrogen) atoms. The molecular weight excluding hydrogens is 356 g/mol. The van der Waals surface area contributed by atoms with E-state index in [4.69, 9.17) is 0 Å². The van der Waals surface area contributed by atoms with Gasteiger partial charge in [0.2, 0.25) is 0 Å². The minimum Gasteiger partial charge on any atom is -0.393 e. The van der Waals surface area contributed by atoms with E-state index in [2.05, 4.69) is 40.7 Å². The summed E-state index contributed by atoms with van der Waals surface area (Å²) in [5, 5.41) is 21.2. The summed E-state index contributed by atoms with van der Waals surface area (Å²) < 4.78 is 0. The minimum atomic E-state index is -0.133. The maximum atomic E-state index is 11.0. The fourth-order valence-electron chi connectivity index (χ4n) is 8.58. The van der Waals surface area contributed by atoms with Crippen LogP contribution in [-0.2, 0) is 0 Å². The van der Waals surface area contributed by atoms with E-state index in [0.717, 1.165) is 43.4 Å². The number of fused-ring (bicyclic) bond motifs is 5. The second-order valence-electron chi connectivity index (χ2n) is 12.3. The van der Waals surface area contributed by atoms with Crippen LogP contribution < -0.4 is 0 Å². The summed E-state index contributed by atoms with van der Waals surface area (Å²) in [4.78, 5) is 0. The van der Waals surface area contributed by atoms with Crippen LogP contribution in [0, 0.1) is 46.3 Å². The third kappa shape index (κ3) is 3.65. The molecule has 4 aliphatic rings. The predicted molar refractivity (Wildman–Crippen MR) is 120 cm³/mol. The molecule has 0 saturated heterocycles. The Kier molecular flexibility index (Phi) is 6.01. The molecule has 0 unspecified atom stereocenters. The van der Waals surface area contributed by atoms with Crippen LogP contribution in [0.4, 0.5) is 0 Å². The Morgan fingerprint density at radius 1 is 1.00 bits per heavy atom. The lowest BCUT2D eigenvalue weighted by Gasteiger charge is -2.58. The summed E-state index contributed by atoms with van der Waals surface area (Å²) in [6.07, 6.45) is 14.1. The summed E-state index contributed by atoms with van der Waals surface area (Å²) in [6.45, 7) is 12.0. The highest BCUT2D eigenvalue weighted by Crippen LogP contribution is 2.67. The first kappa shape index (κ1) is 21.9. The van der Waals surface area contributed by atoms with E-state index in [1.807, 2.05) is 0 Å². The van der Waals surface area contributed by atoms with Crippen LogP contribution in [0.15, 0.2) is 11.6 Å². The van der Waals surface area contributed by atoms with Gasteiger partial charge in [-0.2, -0.15) is 0 Å². The quantitative estimate of drug-likeness (QED) is 0.525. The third-order valence-electron chi connectivity index (χ3n) is 10.4. The van der Waals surface area contributed by atoms with Crippen LogP contribution >= 0.6 is 0 Å². The van der Waals surface area contributed by atoms with Crippen molar-refractivity contribution < 1.29 is 10.2 Å². The second-order valence-corrected chi connectivity index (χ2v) is 12.3. The molecule has 0 spiro atoms. The van der Waals surface area contributed by atoms with Crippen molar-refractivity contribution in [3.63, 3.8) is 0 Å². The van der Waals surface area contributed by atoms with Crippen molar-refractivity contribution in [2.24, 2.45) is 46.3 Å². The zero-order chi connectivity index (χ0) is 21.0. The summed E-state index contributed by atoms with van der Waals surface area (Å²) >= 11 is 0. The molecule has 166 valence electrons. The van der Waals surface area contributed by atoms with Crippen LogP contribution in [0.5, 0.6) is 0 Å². The highest BCUT2D eigenvalue weighted by Gasteiger charge is 2.59. The Morgan fingerprint density at radius 2 is 1.76 bits per heavy atom. The zero-order valence-corrected chi connectivity index (χ0v) is 19.7. The lowest BCUT2D eigenvalue weighted by molar-refractivity contribution is -0.0681.